The zero-order valence-corrected chi connectivity index (χ0v) is 12.7. The van der Waals surface area contributed by atoms with Crippen LogP contribution in [0.5, 0.6) is 11.5 Å². The highest BCUT2D eigenvalue weighted by atomic mass is 35.5. The van der Waals surface area contributed by atoms with Crippen LogP contribution in [0.25, 0.3) is 0 Å². The average Bonchev–Trinajstić information content (AvgIpc) is 2.92. The van der Waals surface area contributed by atoms with Gasteiger partial charge in [-0.25, -0.2) is 0 Å². The number of rotatable bonds is 5. The molecule has 0 saturated carbocycles. The summed E-state index contributed by atoms with van der Waals surface area (Å²) in [5.41, 5.74) is 2.27. The first kappa shape index (κ1) is 14.2. The molecule has 1 atom stereocenters. The summed E-state index contributed by atoms with van der Waals surface area (Å²) >= 11 is 6.24. The highest BCUT2D eigenvalue weighted by Gasteiger charge is 2.23. The maximum absolute atomic E-state index is 6.24. The van der Waals surface area contributed by atoms with Crippen LogP contribution >= 0.6 is 11.6 Å². The van der Waals surface area contributed by atoms with Crippen LogP contribution in [0.3, 0.4) is 0 Å². The maximum atomic E-state index is 6.24. The molecule has 3 rings (SSSR count). The lowest BCUT2D eigenvalue weighted by atomic mass is 10.0. The molecule has 0 saturated heterocycles. The Morgan fingerprint density at radius 1 is 1.24 bits per heavy atom. The van der Waals surface area contributed by atoms with Gasteiger partial charge in [-0.05, 0) is 18.2 Å². The molecule has 2 aromatic carbocycles. The normalized spacial score (nSPS) is 16.4. The standard InChI is InChI=1S/C17H18ClNO2/c1-20-16-8-4-6-15(18)14(16)10-19-9-12-11-21-17-7-3-2-5-13(12)17/h2-8,12,19H,9-11H2,1H3. The van der Waals surface area contributed by atoms with E-state index in [2.05, 4.69) is 17.4 Å². The monoisotopic (exact) mass is 303 g/mol. The molecule has 1 heterocycles. The van der Waals surface area contributed by atoms with Gasteiger partial charge in [0.2, 0.25) is 0 Å². The van der Waals surface area contributed by atoms with Crippen molar-refractivity contribution in [2.45, 2.75) is 12.5 Å². The van der Waals surface area contributed by atoms with Crippen LogP contribution < -0.4 is 14.8 Å². The fraction of sp³-hybridized carbons (Fsp3) is 0.294. The second-order valence-corrected chi connectivity index (χ2v) is 5.50. The van der Waals surface area contributed by atoms with Crippen LogP contribution in [0.4, 0.5) is 0 Å². The summed E-state index contributed by atoms with van der Waals surface area (Å²) in [5, 5.41) is 4.18. The fourth-order valence-corrected chi connectivity index (χ4v) is 2.90. The van der Waals surface area contributed by atoms with Crippen molar-refractivity contribution in [3.05, 3.63) is 58.6 Å². The van der Waals surface area contributed by atoms with Crippen molar-refractivity contribution in [2.24, 2.45) is 0 Å². The number of ether oxygens (including phenoxy) is 2. The number of benzene rings is 2. The number of methoxy groups -OCH3 is 1. The van der Waals surface area contributed by atoms with Gasteiger partial charge < -0.3 is 14.8 Å². The van der Waals surface area contributed by atoms with Crippen molar-refractivity contribution in [2.75, 3.05) is 20.3 Å². The minimum atomic E-state index is 0.384. The molecule has 2 aromatic rings. The average molecular weight is 304 g/mol. The van der Waals surface area contributed by atoms with Crippen molar-refractivity contribution in [1.29, 1.82) is 0 Å². The third kappa shape index (κ3) is 2.99. The summed E-state index contributed by atoms with van der Waals surface area (Å²) in [6, 6.07) is 13.9. The van der Waals surface area contributed by atoms with Crippen LogP contribution in [0.15, 0.2) is 42.5 Å². The number of hydrogen-bond donors (Lipinski definition) is 1. The van der Waals surface area contributed by atoms with Crippen LogP contribution in [0.2, 0.25) is 5.02 Å². The van der Waals surface area contributed by atoms with E-state index in [0.29, 0.717) is 12.5 Å². The van der Waals surface area contributed by atoms with Crippen LogP contribution in [-0.4, -0.2) is 20.3 Å². The fourth-order valence-electron chi connectivity index (χ4n) is 2.67. The molecule has 0 bridgehead atoms. The molecule has 3 nitrogen and oxygen atoms in total. The smallest absolute Gasteiger partial charge is 0.124 e. The van der Waals surface area contributed by atoms with Crippen LogP contribution in [0, 0.1) is 0 Å². The van der Waals surface area contributed by atoms with E-state index in [1.807, 2.05) is 30.3 Å². The van der Waals surface area contributed by atoms with E-state index >= 15 is 0 Å². The van der Waals surface area contributed by atoms with E-state index in [0.717, 1.165) is 35.2 Å². The van der Waals surface area contributed by atoms with Crippen molar-refractivity contribution in [3.8, 4) is 11.5 Å². The van der Waals surface area contributed by atoms with Gasteiger partial charge in [0, 0.05) is 35.2 Å². The third-order valence-electron chi connectivity index (χ3n) is 3.79. The largest absolute Gasteiger partial charge is 0.496 e. The van der Waals surface area contributed by atoms with Gasteiger partial charge in [0.1, 0.15) is 11.5 Å². The molecule has 0 amide bonds. The van der Waals surface area contributed by atoms with Gasteiger partial charge in [-0.15, -0.1) is 0 Å². The summed E-state index contributed by atoms with van der Waals surface area (Å²) in [6.07, 6.45) is 0. The van der Waals surface area contributed by atoms with Crippen molar-refractivity contribution < 1.29 is 9.47 Å². The van der Waals surface area contributed by atoms with Gasteiger partial charge in [-0.1, -0.05) is 35.9 Å². The Labute approximate surface area is 129 Å². The predicted molar refractivity (Wildman–Crippen MR) is 84.4 cm³/mol. The Morgan fingerprint density at radius 2 is 2.10 bits per heavy atom. The zero-order valence-electron chi connectivity index (χ0n) is 11.9. The number of fused-ring (bicyclic) bond motifs is 1. The van der Waals surface area contributed by atoms with Gasteiger partial charge in [0.25, 0.3) is 0 Å². The summed E-state index contributed by atoms with van der Waals surface area (Å²) in [4.78, 5) is 0. The topological polar surface area (TPSA) is 30.5 Å². The molecule has 1 aliphatic rings. The molecule has 21 heavy (non-hydrogen) atoms. The van der Waals surface area contributed by atoms with Crippen LogP contribution in [-0.2, 0) is 6.54 Å². The highest BCUT2D eigenvalue weighted by molar-refractivity contribution is 6.31. The van der Waals surface area contributed by atoms with Gasteiger partial charge in [-0.2, -0.15) is 0 Å². The van der Waals surface area contributed by atoms with Gasteiger partial charge in [0.15, 0.2) is 0 Å². The van der Waals surface area contributed by atoms with E-state index in [4.69, 9.17) is 21.1 Å². The van der Waals surface area contributed by atoms with Crippen molar-refractivity contribution in [3.63, 3.8) is 0 Å². The molecular formula is C17H18ClNO2. The molecule has 0 fully saturated rings. The molecule has 110 valence electrons. The Morgan fingerprint density at radius 3 is 2.95 bits per heavy atom. The molecule has 1 unspecified atom stereocenters. The molecule has 1 aliphatic heterocycles. The Balaban J connectivity index is 1.63. The first-order valence-electron chi connectivity index (χ1n) is 7.03. The second-order valence-electron chi connectivity index (χ2n) is 5.10. The Hall–Kier alpha value is -1.71. The molecule has 0 aromatic heterocycles. The first-order valence-corrected chi connectivity index (χ1v) is 7.41. The summed E-state index contributed by atoms with van der Waals surface area (Å²) in [6.45, 7) is 2.26. The van der Waals surface area contributed by atoms with Gasteiger partial charge in [0.05, 0.1) is 13.7 Å². The molecule has 0 aliphatic carbocycles. The summed E-state index contributed by atoms with van der Waals surface area (Å²) in [7, 11) is 1.66. The number of para-hydroxylation sites is 1. The van der Waals surface area contributed by atoms with E-state index in [-0.39, 0.29) is 0 Å². The minimum absolute atomic E-state index is 0.384. The molecule has 0 spiro atoms. The summed E-state index contributed by atoms with van der Waals surface area (Å²) in [5.74, 6) is 2.20. The molecule has 1 N–H and O–H groups in total. The van der Waals surface area contributed by atoms with Crippen molar-refractivity contribution in [1.82, 2.24) is 5.32 Å². The van der Waals surface area contributed by atoms with Crippen molar-refractivity contribution >= 4 is 11.6 Å². The second kappa shape index (κ2) is 6.37. The molecule has 0 radical (unpaired) electrons. The molecular weight excluding hydrogens is 286 g/mol. The zero-order chi connectivity index (χ0) is 14.7. The summed E-state index contributed by atoms with van der Waals surface area (Å²) < 4.78 is 11.0. The lowest BCUT2D eigenvalue weighted by Crippen LogP contribution is -2.22. The first-order chi connectivity index (χ1) is 10.3. The Kier molecular flexibility index (Phi) is 4.32. The SMILES string of the molecule is COc1cccc(Cl)c1CNCC1COc2ccccc21. The van der Waals surface area contributed by atoms with E-state index in [1.165, 1.54) is 5.56 Å². The van der Waals surface area contributed by atoms with E-state index in [9.17, 15) is 0 Å². The minimum Gasteiger partial charge on any atom is -0.496 e. The Bertz CT molecular complexity index is 630. The predicted octanol–water partition coefficient (Wildman–Crippen LogP) is 3.61. The lowest BCUT2D eigenvalue weighted by molar-refractivity contribution is 0.326. The highest BCUT2D eigenvalue weighted by Crippen LogP contribution is 2.33. The van der Waals surface area contributed by atoms with Gasteiger partial charge in [-0.3, -0.25) is 0 Å². The van der Waals surface area contributed by atoms with E-state index < -0.39 is 0 Å². The van der Waals surface area contributed by atoms with Gasteiger partial charge >= 0.3 is 0 Å². The third-order valence-corrected chi connectivity index (χ3v) is 4.14. The quantitative estimate of drug-likeness (QED) is 0.915. The lowest BCUT2D eigenvalue weighted by Gasteiger charge is -2.13. The molecule has 4 heteroatoms. The van der Waals surface area contributed by atoms with Crippen LogP contribution in [0.1, 0.15) is 17.0 Å². The maximum Gasteiger partial charge on any atom is 0.124 e. The number of halogens is 1. The number of hydrogen-bond acceptors (Lipinski definition) is 3. The van der Waals surface area contributed by atoms with E-state index in [1.54, 1.807) is 7.11 Å². The number of nitrogens with one attached hydrogen (secondary N) is 1.